The van der Waals surface area contributed by atoms with Gasteiger partial charge in [0.05, 0.1) is 23.2 Å². The zero-order valence-corrected chi connectivity index (χ0v) is 22.2. The Bertz CT molecular complexity index is 1430. The topological polar surface area (TPSA) is 115 Å². The molecule has 2 aromatic carbocycles. The van der Waals surface area contributed by atoms with Gasteiger partial charge in [0.25, 0.3) is 5.89 Å². The Morgan fingerprint density at radius 2 is 1.84 bits per heavy atom. The van der Waals surface area contributed by atoms with E-state index in [1.54, 1.807) is 42.8 Å². The number of ether oxygens (including phenoxy) is 1. The van der Waals surface area contributed by atoms with E-state index >= 15 is 0 Å². The third-order valence-corrected chi connectivity index (χ3v) is 5.65. The summed E-state index contributed by atoms with van der Waals surface area (Å²) in [5.41, 5.74) is 2.38. The lowest BCUT2D eigenvalue weighted by Crippen LogP contribution is -2.12. The van der Waals surface area contributed by atoms with E-state index < -0.39 is 5.91 Å². The molecule has 0 fully saturated rings. The molecule has 9 heteroatoms. The molecule has 0 bridgehead atoms. The summed E-state index contributed by atoms with van der Waals surface area (Å²) in [6, 6.07) is 14.5. The van der Waals surface area contributed by atoms with Crippen LogP contribution in [0.15, 0.2) is 75.4 Å². The number of carbonyl (C=O) groups excluding carboxylic acids is 2. The van der Waals surface area contributed by atoms with Crippen molar-refractivity contribution in [3.05, 3.63) is 78.0 Å². The zero-order chi connectivity index (χ0) is 27.4. The van der Waals surface area contributed by atoms with Crippen LogP contribution in [-0.2, 0) is 0 Å². The standard InChI is InChI=1S/C22H14N2O5S.C3H6.C2H6.CH4O/c1-27-17-8-4-5-12-9-18(28-19(12)17)20-13(10-25)15(11-30-20)23-21(26)22-24-14-6-2-3-7-16(14)29-22;1-3-2;2*1-2/h2-11H,1H3,(H,23,26);3H,1H2,2H3;1-2H3;2H,1H3. The molecule has 5 rings (SSSR count). The predicted octanol–water partition coefficient (Wildman–Crippen LogP) is 7.20. The van der Waals surface area contributed by atoms with Crippen molar-refractivity contribution in [3.63, 3.8) is 0 Å². The van der Waals surface area contributed by atoms with Gasteiger partial charge in [0.2, 0.25) is 0 Å². The molecule has 8 nitrogen and oxygen atoms in total. The Hall–Kier alpha value is -4.21. The molecule has 194 valence electrons. The third-order valence-electron chi connectivity index (χ3n) is 4.64. The monoisotopic (exact) mass is 522 g/mol. The van der Waals surface area contributed by atoms with Gasteiger partial charge in [-0.25, -0.2) is 4.98 Å². The van der Waals surface area contributed by atoms with E-state index in [0.717, 1.165) is 12.5 Å². The maximum Gasteiger partial charge on any atom is 0.311 e. The van der Waals surface area contributed by atoms with Crippen LogP contribution in [-0.4, -0.2) is 36.5 Å². The van der Waals surface area contributed by atoms with Crippen LogP contribution in [0, 0.1) is 0 Å². The van der Waals surface area contributed by atoms with Crippen molar-refractivity contribution in [2.45, 2.75) is 20.8 Å². The fraction of sp³-hybridized carbons (Fsp3) is 0.179. The molecule has 0 saturated carbocycles. The summed E-state index contributed by atoms with van der Waals surface area (Å²) < 4.78 is 16.8. The molecule has 0 radical (unpaired) electrons. The van der Waals surface area contributed by atoms with Crippen LogP contribution in [0.2, 0.25) is 0 Å². The quantitative estimate of drug-likeness (QED) is 0.185. The van der Waals surface area contributed by atoms with Gasteiger partial charge in [-0.1, -0.05) is 44.2 Å². The average Bonchev–Trinajstić information content (AvgIpc) is 3.67. The molecule has 0 unspecified atom stereocenters. The van der Waals surface area contributed by atoms with Gasteiger partial charge in [-0.3, -0.25) is 9.59 Å². The van der Waals surface area contributed by atoms with E-state index in [-0.39, 0.29) is 5.89 Å². The average molecular weight is 523 g/mol. The van der Waals surface area contributed by atoms with Gasteiger partial charge in [-0.15, -0.1) is 17.9 Å². The molecule has 3 heterocycles. The lowest BCUT2D eigenvalue weighted by Gasteiger charge is -2.01. The zero-order valence-electron chi connectivity index (χ0n) is 21.4. The first-order valence-corrected chi connectivity index (χ1v) is 12.3. The number of benzene rings is 2. The number of aldehydes is 1. The highest BCUT2D eigenvalue weighted by molar-refractivity contribution is 7.14. The Morgan fingerprint density at radius 1 is 1.14 bits per heavy atom. The second kappa shape index (κ2) is 14.4. The predicted molar refractivity (Wildman–Crippen MR) is 149 cm³/mol. The molecule has 5 aromatic rings. The highest BCUT2D eigenvalue weighted by Crippen LogP contribution is 2.39. The number of aliphatic hydroxyl groups is 1. The number of furan rings is 1. The van der Waals surface area contributed by atoms with Gasteiger partial charge < -0.3 is 24.0 Å². The van der Waals surface area contributed by atoms with Crippen LogP contribution in [0.4, 0.5) is 5.69 Å². The van der Waals surface area contributed by atoms with Gasteiger partial charge in [-0.2, -0.15) is 0 Å². The molecule has 37 heavy (non-hydrogen) atoms. The highest BCUT2D eigenvalue weighted by Gasteiger charge is 2.21. The van der Waals surface area contributed by atoms with Crippen molar-refractivity contribution in [1.29, 1.82) is 0 Å². The number of oxazole rings is 1. The Kier molecular flexibility index (Phi) is 11.3. The highest BCUT2D eigenvalue weighted by atomic mass is 32.1. The summed E-state index contributed by atoms with van der Waals surface area (Å²) in [6.45, 7) is 9.25. The number of anilines is 1. The van der Waals surface area contributed by atoms with Crippen molar-refractivity contribution in [1.82, 2.24) is 4.98 Å². The summed E-state index contributed by atoms with van der Waals surface area (Å²) in [4.78, 5) is 29.2. The van der Waals surface area contributed by atoms with Crippen molar-refractivity contribution in [2.24, 2.45) is 0 Å². The molecule has 1 amide bonds. The summed E-state index contributed by atoms with van der Waals surface area (Å²) in [5.74, 6) is 0.510. The summed E-state index contributed by atoms with van der Waals surface area (Å²) in [6.07, 6.45) is 2.44. The van der Waals surface area contributed by atoms with E-state index in [1.807, 2.05) is 45.0 Å². The Labute approximate surface area is 219 Å². The number of rotatable bonds is 5. The lowest BCUT2D eigenvalue weighted by atomic mass is 10.2. The van der Waals surface area contributed by atoms with E-state index in [9.17, 15) is 9.59 Å². The minimum Gasteiger partial charge on any atom is -0.493 e. The van der Waals surface area contributed by atoms with E-state index in [0.29, 0.717) is 50.6 Å². The second-order valence-corrected chi connectivity index (χ2v) is 7.73. The first-order valence-electron chi connectivity index (χ1n) is 11.4. The fourth-order valence-corrected chi connectivity index (χ4v) is 4.15. The number of nitrogens with one attached hydrogen (secondary N) is 1. The van der Waals surface area contributed by atoms with Crippen LogP contribution in [0.1, 0.15) is 41.8 Å². The molecular formula is C28H30N2O6S. The van der Waals surface area contributed by atoms with Gasteiger partial charge in [0.1, 0.15) is 11.3 Å². The summed E-state index contributed by atoms with van der Waals surface area (Å²) in [7, 11) is 2.57. The minimum atomic E-state index is -0.537. The Morgan fingerprint density at radius 3 is 2.49 bits per heavy atom. The van der Waals surface area contributed by atoms with E-state index in [1.165, 1.54) is 11.3 Å². The number of allylic oxidation sites excluding steroid dienone is 1. The molecule has 0 aliphatic carbocycles. The van der Waals surface area contributed by atoms with Crippen molar-refractivity contribution in [2.75, 3.05) is 19.5 Å². The number of methoxy groups -OCH3 is 1. The molecule has 0 atom stereocenters. The van der Waals surface area contributed by atoms with Gasteiger partial charge >= 0.3 is 5.91 Å². The largest absolute Gasteiger partial charge is 0.493 e. The molecule has 3 aromatic heterocycles. The van der Waals surface area contributed by atoms with Crippen molar-refractivity contribution < 1.29 is 28.3 Å². The van der Waals surface area contributed by atoms with Gasteiger partial charge in [0.15, 0.2) is 23.2 Å². The van der Waals surface area contributed by atoms with Gasteiger partial charge in [-0.05, 0) is 31.2 Å². The number of thiophene rings is 1. The van der Waals surface area contributed by atoms with Crippen LogP contribution < -0.4 is 10.1 Å². The third kappa shape index (κ3) is 6.52. The molecular weight excluding hydrogens is 492 g/mol. The first kappa shape index (κ1) is 29.0. The number of aromatic nitrogens is 1. The summed E-state index contributed by atoms with van der Waals surface area (Å²) >= 11 is 1.29. The first-order chi connectivity index (χ1) is 18.1. The number of hydrogen-bond donors (Lipinski definition) is 2. The molecule has 2 N–H and O–H groups in total. The maximum atomic E-state index is 12.6. The number of para-hydroxylation sites is 3. The SMILES string of the molecule is C=CC.CC.CO.COc1cccc2cc(-c3scc(NC(=O)c4nc5ccccc5o4)c3C=O)oc12. The van der Waals surface area contributed by atoms with Gasteiger partial charge in [0, 0.05) is 17.9 Å². The van der Waals surface area contributed by atoms with Crippen molar-refractivity contribution >= 4 is 51.3 Å². The van der Waals surface area contributed by atoms with E-state index in [2.05, 4.69) is 16.9 Å². The Balaban J connectivity index is 0.000000630. The van der Waals surface area contributed by atoms with Crippen LogP contribution in [0.3, 0.4) is 0 Å². The molecule has 0 spiro atoms. The van der Waals surface area contributed by atoms with Crippen LogP contribution >= 0.6 is 11.3 Å². The maximum absolute atomic E-state index is 12.6. The number of carbonyl (C=O) groups is 2. The van der Waals surface area contributed by atoms with Crippen molar-refractivity contribution in [3.8, 4) is 16.4 Å². The normalized spacial score (nSPS) is 9.68. The lowest BCUT2D eigenvalue weighted by molar-refractivity contribution is 0.0992. The van der Waals surface area contributed by atoms with Crippen LogP contribution in [0.5, 0.6) is 5.75 Å². The smallest absolute Gasteiger partial charge is 0.311 e. The number of aliphatic hydroxyl groups excluding tert-OH is 1. The second-order valence-electron chi connectivity index (χ2n) is 6.85. The summed E-state index contributed by atoms with van der Waals surface area (Å²) in [5, 5.41) is 12.2. The number of hydrogen-bond acceptors (Lipinski definition) is 8. The number of amides is 1. The molecule has 0 saturated heterocycles. The van der Waals surface area contributed by atoms with Crippen LogP contribution in [0.25, 0.3) is 32.7 Å². The molecule has 0 aliphatic heterocycles. The number of fused-ring (bicyclic) bond motifs is 2. The number of nitrogens with zero attached hydrogens (tertiary/aromatic N) is 1. The fourth-order valence-electron chi connectivity index (χ4n) is 3.23. The minimum absolute atomic E-state index is 0.0747. The molecule has 0 aliphatic rings. The van der Waals surface area contributed by atoms with E-state index in [4.69, 9.17) is 18.7 Å².